The van der Waals surface area contributed by atoms with Crippen molar-refractivity contribution in [1.29, 1.82) is 0 Å². The van der Waals surface area contributed by atoms with E-state index in [0.29, 0.717) is 0 Å². The van der Waals surface area contributed by atoms with Gasteiger partial charge < -0.3 is 5.11 Å². The van der Waals surface area contributed by atoms with Crippen molar-refractivity contribution in [3.63, 3.8) is 0 Å². The third-order valence-corrected chi connectivity index (χ3v) is 4.17. The highest BCUT2D eigenvalue weighted by Crippen LogP contribution is 2.33. The number of aliphatic hydroxyl groups excluding tert-OH is 1. The molecular formula is C15H18OS. The summed E-state index contributed by atoms with van der Waals surface area (Å²) in [5.74, 6) is 0. The second kappa shape index (κ2) is 4.63. The first-order valence-electron chi connectivity index (χ1n) is 5.82. The van der Waals surface area contributed by atoms with Crippen molar-refractivity contribution in [3.8, 4) is 0 Å². The summed E-state index contributed by atoms with van der Waals surface area (Å²) in [6.07, 6.45) is -0.499. The zero-order valence-corrected chi connectivity index (χ0v) is 11.6. The van der Waals surface area contributed by atoms with E-state index < -0.39 is 6.10 Å². The van der Waals surface area contributed by atoms with Gasteiger partial charge in [-0.05, 0) is 56.0 Å². The number of hydrogen-bond donors (Lipinski definition) is 1. The van der Waals surface area contributed by atoms with E-state index >= 15 is 0 Å². The fourth-order valence-electron chi connectivity index (χ4n) is 2.34. The van der Waals surface area contributed by atoms with Crippen LogP contribution >= 0.6 is 11.3 Å². The van der Waals surface area contributed by atoms with Gasteiger partial charge in [0.1, 0.15) is 6.10 Å². The number of aryl methyl sites for hydroxylation is 4. The van der Waals surface area contributed by atoms with Crippen LogP contribution in [0.3, 0.4) is 0 Å². The molecule has 0 saturated carbocycles. The van der Waals surface area contributed by atoms with E-state index in [2.05, 4.69) is 45.9 Å². The summed E-state index contributed by atoms with van der Waals surface area (Å²) in [5, 5.41) is 10.6. The summed E-state index contributed by atoms with van der Waals surface area (Å²) in [6, 6.07) is 8.24. The second-order valence-electron chi connectivity index (χ2n) is 4.58. The van der Waals surface area contributed by atoms with Crippen molar-refractivity contribution >= 4 is 11.3 Å². The molecule has 0 radical (unpaired) electrons. The lowest BCUT2D eigenvalue weighted by Crippen LogP contribution is -2.04. The smallest absolute Gasteiger partial charge is 0.106 e. The molecule has 2 rings (SSSR count). The lowest BCUT2D eigenvalue weighted by molar-refractivity contribution is 0.218. The van der Waals surface area contributed by atoms with Crippen molar-refractivity contribution in [2.24, 2.45) is 0 Å². The summed E-state index contributed by atoms with van der Waals surface area (Å²) in [6.45, 7) is 8.27. The van der Waals surface area contributed by atoms with Gasteiger partial charge in [0.2, 0.25) is 0 Å². The molecule has 0 aliphatic heterocycles. The monoisotopic (exact) mass is 246 g/mol. The van der Waals surface area contributed by atoms with E-state index in [1.54, 1.807) is 11.3 Å². The second-order valence-corrected chi connectivity index (χ2v) is 6.04. The molecular weight excluding hydrogens is 228 g/mol. The van der Waals surface area contributed by atoms with Gasteiger partial charge in [0.15, 0.2) is 0 Å². The van der Waals surface area contributed by atoms with Crippen LogP contribution in [0, 0.1) is 27.7 Å². The molecule has 0 aliphatic carbocycles. The maximum Gasteiger partial charge on any atom is 0.106 e. The maximum atomic E-state index is 10.6. The molecule has 1 N–H and O–H groups in total. The van der Waals surface area contributed by atoms with Gasteiger partial charge in [-0.15, -0.1) is 11.3 Å². The molecule has 1 aromatic carbocycles. The molecule has 0 spiro atoms. The molecule has 0 fully saturated rings. The first-order chi connectivity index (χ1) is 8.00. The molecule has 1 nitrogen and oxygen atoms in total. The van der Waals surface area contributed by atoms with Crippen LogP contribution in [0.15, 0.2) is 24.3 Å². The summed E-state index contributed by atoms with van der Waals surface area (Å²) in [5.41, 5.74) is 4.40. The maximum absolute atomic E-state index is 10.6. The van der Waals surface area contributed by atoms with Crippen LogP contribution in [0.25, 0.3) is 0 Å². The number of benzene rings is 1. The van der Waals surface area contributed by atoms with E-state index in [1.807, 2.05) is 6.07 Å². The topological polar surface area (TPSA) is 20.2 Å². The Bertz CT molecular complexity index is 520. The molecule has 1 heterocycles. The average Bonchev–Trinajstić information content (AvgIpc) is 2.57. The van der Waals surface area contributed by atoms with E-state index in [0.717, 1.165) is 22.3 Å². The van der Waals surface area contributed by atoms with Gasteiger partial charge in [-0.2, -0.15) is 0 Å². The molecule has 2 heteroatoms. The molecule has 0 amide bonds. The van der Waals surface area contributed by atoms with Crippen molar-refractivity contribution in [2.45, 2.75) is 33.8 Å². The van der Waals surface area contributed by atoms with Gasteiger partial charge in [-0.3, -0.25) is 0 Å². The van der Waals surface area contributed by atoms with E-state index in [1.165, 1.54) is 9.75 Å². The van der Waals surface area contributed by atoms with Gasteiger partial charge in [-0.1, -0.05) is 18.2 Å². The van der Waals surface area contributed by atoms with Crippen molar-refractivity contribution < 1.29 is 5.11 Å². The first kappa shape index (κ1) is 12.3. The van der Waals surface area contributed by atoms with Crippen LogP contribution in [-0.2, 0) is 0 Å². The van der Waals surface area contributed by atoms with E-state index in [-0.39, 0.29) is 0 Å². The predicted molar refractivity (Wildman–Crippen MR) is 73.8 cm³/mol. The van der Waals surface area contributed by atoms with Crippen LogP contribution in [0.2, 0.25) is 0 Å². The predicted octanol–water partition coefficient (Wildman–Crippen LogP) is 4.06. The lowest BCUT2D eigenvalue weighted by Gasteiger charge is -2.16. The normalized spacial score (nSPS) is 12.8. The van der Waals surface area contributed by atoms with Crippen molar-refractivity contribution in [1.82, 2.24) is 0 Å². The van der Waals surface area contributed by atoms with Crippen molar-refractivity contribution in [3.05, 3.63) is 56.3 Å². The Hall–Kier alpha value is -1.12. The Labute approximate surface area is 107 Å². The van der Waals surface area contributed by atoms with Crippen LogP contribution < -0.4 is 0 Å². The standard InChI is InChI=1S/C15H18OS/c1-9-6-5-7-10(2)14(9)15(16)13-8-11(3)17-12(13)4/h5-8,15-16H,1-4H3. The number of hydrogen-bond acceptors (Lipinski definition) is 2. The molecule has 1 atom stereocenters. The van der Waals surface area contributed by atoms with E-state index in [4.69, 9.17) is 0 Å². The van der Waals surface area contributed by atoms with Gasteiger partial charge in [0.25, 0.3) is 0 Å². The Kier molecular flexibility index (Phi) is 3.36. The Balaban J connectivity index is 2.51. The highest BCUT2D eigenvalue weighted by molar-refractivity contribution is 7.12. The zero-order chi connectivity index (χ0) is 12.6. The van der Waals surface area contributed by atoms with Gasteiger partial charge in [0.05, 0.1) is 0 Å². The number of thiophene rings is 1. The molecule has 1 unspecified atom stereocenters. The summed E-state index contributed by atoms with van der Waals surface area (Å²) in [4.78, 5) is 2.46. The SMILES string of the molecule is Cc1cc(C(O)c2c(C)cccc2C)c(C)s1. The van der Waals surface area contributed by atoms with Crippen LogP contribution in [0.4, 0.5) is 0 Å². The molecule has 0 aliphatic rings. The molecule has 0 saturated heterocycles. The highest BCUT2D eigenvalue weighted by atomic mass is 32.1. The Morgan fingerprint density at radius 3 is 2.12 bits per heavy atom. The van der Waals surface area contributed by atoms with Crippen LogP contribution in [0.5, 0.6) is 0 Å². The summed E-state index contributed by atoms with van der Waals surface area (Å²) in [7, 11) is 0. The van der Waals surface area contributed by atoms with Gasteiger partial charge in [-0.25, -0.2) is 0 Å². The van der Waals surface area contributed by atoms with Crippen LogP contribution in [-0.4, -0.2) is 5.11 Å². The largest absolute Gasteiger partial charge is 0.384 e. The average molecular weight is 246 g/mol. The van der Waals surface area contributed by atoms with Gasteiger partial charge >= 0.3 is 0 Å². The molecule has 17 heavy (non-hydrogen) atoms. The number of rotatable bonds is 2. The first-order valence-corrected chi connectivity index (χ1v) is 6.63. The van der Waals surface area contributed by atoms with Crippen molar-refractivity contribution in [2.75, 3.05) is 0 Å². The quantitative estimate of drug-likeness (QED) is 0.847. The third kappa shape index (κ3) is 2.28. The number of aliphatic hydroxyl groups is 1. The summed E-state index contributed by atoms with van der Waals surface area (Å²) < 4.78 is 0. The Morgan fingerprint density at radius 1 is 1.06 bits per heavy atom. The molecule has 90 valence electrons. The molecule has 1 aromatic heterocycles. The van der Waals surface area contributed by atoms with E-state index in [9.17, 15) is 5.11 Å². The molecule has 0 bridgehead atoms. The highest BCUT2D eigenvalue weighted by Gasteiger charge is 2.18. The van der Waals surface area contributed by atoms with Gasteiger partial charge in [0, 0.05) is 9.75 Å². The molecule has 2 aromatic rings. The van der Waals surface area contributed by atoms with Crippen LogP contribution in [0.1, 0.15) is 38.1 Å². The minimum atomic E-state index is -0.499. The fraction of sp³-hybridized carbons (Fsp3) is 0.333. The zero-order valence-electron chi connectivity index (χ0n) is 10.7. The lowest BCUT2D eigenvalue weighted by atomic mass is 9.94. The Morgan fingerprint density at radius 2 is 1.65 bits per heavy atom. The summed E-state index contributed by atoms with van der Waals surface area (Å²) >= 11 is 1.74. The fourth-order valence-corrected chi connectivity index (χ4v) is 3.29. The minimum Gasteiger partial charge on any atom is -0.384 e. The third-order valence-electron chi connectivity index (χ3n) is 3.19. The minimum absolute atomic E-state index is 0.499.